The van der Waals surface area contributed by atoms with Gasteiger partial charge in [0.2, 0.25) is 0 Å². The van der Waals surface area contributed by atoms with Gasteiger partial charge in [-0.05, 0) is 64.8 Å². The molecule has 0 radical (unpaired) electrons. The Morgan fingerprint density at radius 1 is 0.909 bits per heavy atom. The molecular formula is C19H41ClN2. The Kier molecular flexibility index (Phi) is 12.7. The normalized spacial score (nSPS) is 17.9. The van der Waals surface area contributed by atoms with E-state index in [2.05, 4.69) is 37.7 Å². The van der Waals surface area contributed by atoms with E-state index in [1.54, 1.807) is 0 Å². The maximum atomic E-state index is 2.75. The fraction of sp³-hybridized carbons (Fsp3) is 1.00. The van der Waals surface area contributed by atoms with Crippen LogP contribution in [0.2, 0.25) is 0 Å². The molecule has 0 spiro atoms. The lowest BCUT2D eigenvalue weighted by molar-refractivity contribution is 0.208. The van der Waals surface area contributed by atoms with Gasteiger partial charge < -0.3 is 9.80 Å². The number of halogens is 1. The first-order valence-electron chi connectivity index (χ1n) is 9.49. The Bertz CT molecular complexity index is 246. The first-order valence-corrected chi connectivity index (χ1v) is 9.49. The highest BCUT2D eigenvalue weighted by Crippen LogP contribution is 2.40. The quantitative estimate of drug-likeness (QED) is 0.452. The molecule has 0 N–H and O–H groups in total. The molecule has 0 bridgehead atoms. The Morgan fingerprint density at radius 2 is 1.50 bits per heavy atom. The summed E-state index contributed by atoms with van der Waals surface area (Å²) in [6.07, 6.45) is 14.2. The second-order valence-electron chi connectivity index (χ2n) is 7.60. The number of nitrogens with zero attached hydrogens (tertiary/aromatic N) is 2. The van der Waals surface area contributed by atoms with Crippen LogP contribution in [0.15, 0.2) is 0 Å². The number of hydrogen-bond donors (Lipinski definition) is 0. The van der Waals surface area contributed by atoms with Crippen molar-refractivity contribution in [3.05, 3.63) is 0 Å². The number of likely N-dealkylation sites (tertiary alicyclic amines) is 1. The zero-order valence-electron chi connectivity index (χ0n) is 15.7. The maximum absolute atomic E-state index is 2.75. The van der Waals surface area contributed by atoms with Crippen LogP contribution >= 0.6 is 12.4 Å². The van der Waals surface area contributed by atoms with Crippen molar-refractivity contribution in [1.82, 2.24) is 9.80 Å². The van der Waals surface area contributed by atoms with E-state index in [-0.39, 0.29) is 12.4 Å². The van der Waals surface area contributed by atoms with Crippen molar-refractivity contribution in [1.29, 1.82) is 0 Å². The van der Waals surface area contributed by atoms with Crippen LogP contribution < -0.4 is 0 Å². The zero-order valence-corrected chi connectivity index (χ0v) is 16.5. The average molecular weight is 333 g/mol. The first kappa shape index (κ1) is 22.2. The van der Waals surface area contributed by atoms with Gasteiger partial charge in [0.25, 0.3) is 0 Å². The minimum atomic E-state index is 0. The minimum Gasteiger partial charge on any atom is -0.309 e. The lowest BCUT2D eigenvalue weighted by Crippen LogP contribution is -2.29. The summed E-state index contributed by atoms with van der Waals surface area (Å²) >= 11 is 0. The lowest BCUT2D eigenvalue weighted by atomic mass is 9.77. The highest BCUT2D eigenvalue weighted by Gasteiger charge is 2.36. The van der Waals surface area contributed by atoms with Crippen LogP contribution in [0.4, 0.5) is 0 Å². The van der Waals surface area contributed by atoms with E-state index >= 15 is 0 Å². The van der Waals surface area contributed by atoms with Crippen LogP contribution in [0.3, 0.4) is 0 Å². The molecule has 0 unspecified atom stereocenters. The Morgan fingerprint density at radius 3 is 2.00 bits per heavy atom. The number of hydrogen-bond acceptors (Lipinski definition) is 2. The zero-order chi connectivity index (χ0) is 15.6. The second-order valence-corrected chi connectivity index (χ2v) is 7.60. The summed E-state index contributed by atoms with van der Waals surface area (Å²) in [5, 5.41) is 0. The Labute approximate surface area is 146 Å². The SMILES string of the molecule is CCCCCC1(CCCCC)CCN(CCCN(C)C)C1.Cl. The molecule has 2 nitrogen and oxygen atoms in total. The lowest BCUT2D eigenvalue weighted by Gasteiger charge is -2.30. The van der Waals surface area contributed by atoms with E-state index in [0.717, 1.165) is 0 Å². The molecule has 3 heteroatoms. The molecule has 22 heavy (non-hydrogen) atoms. The smallest absolute Gasteiger partial charge is 0.00385 e. The van der Waals surface area contributed by atoms with Crippen molar-refractivity contribution in [2.75, 3.05) is 40.3 Å². The van der Waals surface area contributed by atoms with E-state index in [9.17, 15) is 0 Å². The van der Waals surface area contributed by atoms with E-state index in [0.29, 0.717) is 5.41 Å². The topological polar surface area (TPSA) is 6.48 Å². The van der Waals surface area contributed by atoms with Crippen LogP contribution in [0.25, 0.3) is 0 Å². The summed E-state index contributed by atoms with van der Waals surface area (Å²) in [7, 11) is 4.37. The third-order valence-corrected chi connectivity index (χ3v) is 5.22. The fourth-order valence-corrected chi connectivity index (χ4v) is 3.86. The van der Waals surface area contributed by atoms with Gasteiger partial charge in [0.1, 0.15) is 0 Å². The molecule has 1 saturated heterocycles. The van der Waals surface area contributed by atoms with Crippen molar-refractivity contribution >= 4 is 12.4 Å². The van der Waals surface area contributed by atoms with Crippen LogP contribution in [-0.4, -0.2) is 50.1 Å². The molecule has 0 amide bonds. The van der Waals surface area contributed by atoms with E-state index in [4.69, 9.17) is 0 Å². The average Bonchev–Trinajstić information content (AvgIpc) is 2.83. The predicted octanol–water partition coefficient (Wildman–Crippen LogP) is 5.21. The molecule has 1 aliphatic heterocycles. The standard InChI is InChI=1S/C19H40N2.ClH/c1-5-7-9-12-19(13-10-8-6-2)14-17-21(18-19)16-11-15-20(3)4;/h5-18H2,1-4H3;1H. The van der Waals surface area contributed by atoms with Crippen molar-refractivity contribution in [2.24, 2.45) is 5.41 Å². The molecule has 1 rings (SSSR count). The monoisotopic (exact) mass is 332 g/mol. The van der Waals surface area contributed by atoms with Gasteiger partial charge in [-0.25, -0.2) is 0 Å². The summed E-state index contributed by atoms with van der Waals surface area (Å²) in [5.74, 6) is 0. The van der Waals surface area contributed by atoms with Gasteiger partial charge in [-0.1, -0.05) is 52.4 Å². The summed E-state index contributed by atoms with van der Waals surface area (Å²) in [6.45, 7) is 9.92. The Hall–Kier alpha value is 0.210. The summed E-state index contributed by atoms with van der Waals surface area (Å²) in [4.78, 5) is 5.06. The van der Waals surface area contributed by atoms with Gasteiger partial charge in [0.05, 0.1) is 0 Å². The molecule has 0 saturated carbocycles. The number of rotatable bonds is 12. The van der Waals surface area contributed by atoms with E-state index in [1.165, 1.54) is 90.4 Å². The summed E-state index contributed by atoms with van der Waals surface area (Å²) in [5.41, 5.74) is 0.669. The first-order chi connectivity index (χ1) is 10.1. The van der Waals surface area contributed by atoms with Crippen LogP contribution in [0.5, 0.6) is 0 Å². The molecule has 0 aromatic rings. The molecule has 0 aromatic carbocycles. The molecule has 134 valence electrons. The van der Waals surface area contributed by atoms with Crippen molar-refractivity contribution < 1.29 is 0 Å². The van der Waals surface area contributed by atoms with E-state index < -0.39 is 0 Å². The predicted molar refractivity (Wildman–Crippen MR) is 102 cm³/mol. The minimum absolute atomic E-state index is 0. The fourth-order valence-electron chi connectivity index (χ4n) is 3.86. The van der Waals surface area contributed by atoms with Crippen molar-refractivity contribution in [3.63, 3.8) is 0 Å². The molecule has 1 fully saturated rings. The molecule has 0 aromatic heterocycles. The largest absolute Gasteiger partial charge is 0.309 e. The van der Waals surface area contributed by atoms with Gasteiger partial charge in [-0.2, -0.15) is 0 Å². The molecule has 0 atom stereocenters. The van der Waals surface area contributed by atoms with Crippen LogP contribution in [-0.2, 0) is 0 Å². The third kappa shape index (κ3) is 8.74. The van der Waals surface area contributed by atoms with Gasteiger partial charge in [0.15, 0.2) is 0 Å². The van der Waals surface area contributed by atoms with Crippen molar-refractivity contribution in [3.8, 4) is 0 Å². The van der Waals surface area contributed by atoms with E-state index in [1.807, 2.05) is 0 Å². The molecule has 1 aliphatic rings. The molecule has 1 heterocycles. The second kappa shape index (κ2) is 12.6. The van der Waals surface area contributed by atoms with Gasteiger partial charge >= 0.3 is 0 Å². The number of unbranched alkanes of at least 4 members (excludes halogenated alkanes) is 4. The van der Waals surface area contributed by atoms with Gasteiger partial charge in [-0.15, -0.1) is 12.4 Å². The maximum Gasteiger partial charge on any atom is 0.00385 e. The highest BCUT2D eigenvalue weighted by atomic mass is 35.5. The summed E-state index contributed by atoms with van der Waals surface area (Å²) < 4.78 is 0. The highest BCUT2D eigenvalue weighted by molar-refractivity contribution is 5.85. The third-order valence-electron chi connectivity index (χ3n) is 5.22. The van der Waals surface area contributed by atoms with Crippen molar-refractivity contribution in [2.45, 2.75) is 78.1 Å². The van der Waals surface area contributed by atoms with Gasteiger partial charge in [-0.3, -0.25) is 0 Å². The summed E-state index contributed by atoms with van der Waals surface area (Å²) in [6, 6.07) is 0. The Balaban J connectivity index is 0.00000441. The molecule has 0 aliphatic carbocycles. The van der Waals surface area contributed by atoms with Gasteiger partial charge in [0, 0.05) is 6.54 Å². The van der Waals surface area contributed by atoms with Crippen LogP contribution in [0.1, 0.15) is 78.1 Å². The molecular weight excluding hydrogens is 292 g/mol. The van der Waals surface area contributed by atoms with Crippen LogP contribution in [0, 0.1) is 5.41 Å².